The summed E-state index contributed by atoms with van der Waals surface area (Å²) in [4.78, 5) is 6.71. The van der Waals surface area contributed by atoms with Crippen molar-refractivity contribution in [3.63, 3.8) is 0 Å². The first-order valence-electron chi connectivity index (χ1n) is 8.40. The lowest BCUT2D eigenvalue weighted by Gasteiger charge is -2.21. The van der Waals surface area contributed by atoms with Gasteiger partial charge in [0.25, 0.3) is 0 Å². The smallest absolute Gasteiger partial charge is 0.102 e. The predicted molar refractivity (Wildman–Crippen MR) is 87.3 cm³/mol. The van der Waals surface area contributed by atoms with Gasteiger partial charge in [0.1, 0.15) is 6.17 Å². The molecule has 0 aromatic heterocycles. The molecule has 0 saturated carbocycles. The van der Waals surface area contributed by atoms with E-state index in [-0.39, 0.29) is 6.61 Å². The van der Waals surface area contributed by atoms with Gasteiger partial charge in [-0.05, 0) is 25.7 Å². The van der Waals surface area contributed by atoms with Gasteiger partial charge in [0.05, 0.1) is 6.61 Å². The van der Waals surface area contributed by atoms with Gasteiger partial charge in [-0.25, -0.2) is 0 Å². The number of unbranched alkanes of at least 4 members (excludes halogenated alkanes) is 6. The fourth-order valence-electron chi connectivity index (χ4n) is 2.64. The van der Waals surface area contributed by atoms with E-state index in [0.717, 1.165) is 25.9 Å². The monoisotopic (exact) mass is 280 g/mol. The van der Waals surface area contributed by atoms with Crippen molar-refractivity contribution in [2.75, 3.05) is 19.7 Å². The third-order valence-corrected chi connectivity index (χ3v) is 3.88. The van der Waals surface area contributed by atoms with Gasteiger partial charge in [-0.3, -0.25) is 9.89 Å². The summed E-state index contributed by atoms with van der Waals surface area (Å²) >= 11 is 0. The van der Waals surface area contributed by atoms with E-state index in [4.69, 9.17) is 5.11 Å². The zero-order valence-electron chi connectivity index (χ0n) is 13.1. The first-order chi connectivity index (χ1) is 9.88. The molecular formula is C17H32N2O. The quantitative estimate of drug-likeness (QED) is 0.436. The second-order valence-corrected chi connectivity index (χ2v) is 5.64. The van der Waals surface area contributed by atoms with Crippen LogP contribution in [0.1, 0.15) is 64.7 Å². The third kappa shape index (κ3) is 7.81. The third-order valence-electron chi connectivity index (χ3n) is 3.88. The Morgan fingerprint density at radius 3 is 2.70 bits per heavy atom. The summed E-state index contributed by atoms with van der Waals surface area (Å²) in [6.07, 6.45) is 18.5. The van der Waals surface area contributed by atoms with Crippen LogP contribution < -0.4 is 0 Å². The lowest BCUT2D eigenvalue weighted by Crippen LogP contribution is -2.32. The Balaban J connectivity index is 1.95. The van der Waals surface area contributed by atoms with E-state index in [1.54, 1.807) is 0 Å². The van der Waals surface area contributed by atoms with Crippen molar-refractivity contribution in [3.05, 3.63) is 12.2 Å². The van der Waals surface area contributed by atoms with Crippen LogP contribution in [-0.4, -0.2) is 42.1 Å². The molecule has 116 valence electrons. The molecule has 0 bridgehead atoms. The molecule has 3 heteroatoms. The minimum absolute atomic E-state index is 0.230. The van der Waals surface area contributed by atoms with Crippen molar-refractivity contribution >= 4 is 6.21 Å². The SMILES string of the molecule is CCCCCCCC/C=C/CCC1N=CCN1CCO. The highest BCUT2D eigenvalue weighted by Crippen LogP contribution is 2.13. The number of rotatable bonds is 12. The Kier molecular flexibility index (Phi) is 10.5. The standard InChI is InChI=1S/C17H32N2O/c1-2-3-4-5-6-7-8-9-10-11-12-17-18-13-14-19(17)15-16-20/h9-10,13,17,20H,2-8,11-12,14-16H2,1H3/b10-9+. The number of hydrogen-bond donors (Lipinski definition) is 1. The molecule has 0 radical (unpaired) electrons. The largest absolute Gasteiger partial charge is 0.395 e. The predicted octanol–water partition coefficient (Wildman–Crippen LogP) is 3.78. The summed E-state index contributed by atoms with van der Waals surface area (Å²) in [5.74, 6) is 0. The van der Waals surface area contributed by atoms with Crippen LogP contribution in [0.5, 0.6) is 0 Å². The van der Waals surface area contributed by atoms with E-state index < -0.39 is 0 Å². The number of aliphatic imine (C=N–C) groups is 1. The highest BCUT2D eigenvalue weighted by Gasteiger charge is 2.18. The first kappa shape index (κ1) is 17.4. The summed E-state index contributed by atoms with van der Waals surface area (Å²) in [6, 6.07) is 0. The van der Waals surface area contributed by atoms with Crippen LogP contribution in [0, 0.1) is 0 Å². The first-order valence-corrected chi connectivity index (χ1v) is 8.40. The Morgan fingerprint density at radius 2 is 1.90 bits per heavy atom. The molecule has 1 N–H and O–H groups in total. The summed E-state index contributed by atoms with van der Waals surface area (Å²) in [5.41, 5.74) is 0. The van der Waals surface area contributed by atoms with Crippen molar-refractivity contribution in [2.45, 2.75) is 70.9 Å². The van der Waals surface area contributed by atoms with Gasteiger partial charge in [0, 0.05) is 19.3 Å². The van der Waals surface area contributed by atoms with Crippen molar-refractivity contribution in [3.8, 4) is 0 Å². The number of allylic oxidation sites excluding steroid dienone is 2. The summed E-state index contributed by atoms with van der Waals surface area (Å²) < 4.78 is 0. The number of nitrogens with zero attached hydrogens (tertiary/aromatic N) is 2. The molecule has 1 rings (SSSR count). The highest BCUT2D eigenvalue weighted by molar-refractivity contribution is 5.62. The fraction of sp³-hybridized carbons (Fsp3) is 0.824. The van der Waals surface area contributed by atoms with Crippen LogP contribution in [0.25, 0.3) is 0 Å². The van der Waals surface area contributed by atoms with Crippen LogP contribution in [0.3, 0.4) is 0 Å². The van der Waals surface area contributed by atoms with Gasteiger partial charge < -0.3 is 5.11 Å². The van der Waals surface area contributed by atoms with Crippen LogP contribution in [0.2, 0.25) is 0 Å². The van der Waals surface area contributed by atoms with Crippen molar-refractivity contribution in [2.24, 2.45) is 4.99 Å². The molecule has 0 saturated heterocycles. The van der Waals surface area contributed by atoms with E-state index in [1.165, 1.54) is 44.9 Å². The lowest BCUT2D eigenvalue weighted by atomic mass is 10.1. The molecule has 1 aliphatic heterocycles. The van der Waals surface area contributed by atoms with Gasteiger partial charge in [-0.1, -0.05) is 51.2 Å². The molecule has 1 aliphatic rings. The molecule has 1 atom stereocenters. The van der Waals surface area contributed by atoms with Crippen molar-refractivity contribution in [1.82, 2.24) is 4.90 Å². The maximum absolute atomic E-state index is 8.98. The van der Waals surface area contributed by atoms with Gasteiger partial charge in [0.15, 0.2) is 0 Å². The van der Waals surface area contributed by atoms with E-state index in [1.807, 2.05) is 6.21 Å². The minimum Gasteiger partial charge on any atom is -0.395 e. The van der Waals surface area contributed by atoms with E-state index >= 15 is 0 Å². The second kappa shape index (κ2) is 12.1. The van der Waals surface area contributed by atoms with Crippen LogP contribution in [0.4, 0.5) is 0 Å². The molecule has 1 unspecified atom stereocenters. The van der Waals surface area contributed by atoms with Crippen molar-refractivity contribution in [1.29, 1.82) is 0 Å². The molecule has 0 fully saturated rings. The van der Waals surface area contributed by atoms with E-state index in [0.29, 0.717) is 6.17 Å². The van der Waals surface area contributed by atoms with Gasteiger partial charge in [-0.15, -0.1) is 0 Å². The number of β-amino-alcohol motifs (C(OH)–C–C–N with tert-alkyl or cyclic N) is 1. The Morgan fingerprint density at radius 1 is 1.15 bits per heavy atom. The topological polar surface area (TPSA) is 35.8 Å². The van der Waals surface area contributed by atoms with Gasteiger partial charge >= 0.3 is 0 Å². The minimum atomic E-state index is 0.230. The highest BCUT2D eigenvalue weighted by atomic mass is 16.3. The molecule has 1 heterocycles. The molecular weight excluding hydrogens is 248 g/mol. The molecule has 3 nitrogen and oxygen atoms in total. The Labute approximate surface area is 124 Å². The Hall–Kier alpha value is -0.670. The molecule has 0 amide bonds. The Bertz CT molecular complexity index is 276. The zero-order chi connectivity index (χ0) is 14.5. The van der Waals surface area contributed by atoms with Crippen LogP contribution in [-0.2, 0) is 0 Å². The van der Waals surface area contributed by atoms with Crippen LogP contribution >= 0.6 is 0 Å². The number of aliphatic hydroxyl groups is 1. The van der Waals surface area contributed by atoms with Crippen LogP contribution in [0.15, 0.2) is 17.1 Å². The maximum atomic E-state index is 8.98. The van der Waals surface area contributed by atoms with Gasteiger partial charge in [0.2, 0.25) is 0 Å². The average molecular weight is 280 g/mol. The molecule has 20 heavy (non-hydrogen) atoms. The molecule has 0 spiro atoms. The molecule has 0 aromatic rings. The van der Waals surface area contributed by atoms with Gasteiger partial charge in [-0.2, -0.15) is 0 Å². The number of hydrogen-bond acceptors (Lipinski definition) is 3. The number of aliphatic hydroxyl groups excluding tert-OH is 1. The van der Waals surface area contributed by atoms with E-state index in [9.17, 15) is 0 Å². The lowest BCUT2D eigenvalue weighted by molar-refractivity contribution is 0.179. The molecule has 0 aliphatic carbocycles. The van der Waals surface area contributed by atoms with Crippen molar-refractivity contribution < 1.29 is 5.11 Å². The summed E-state index contributed by atoms with van der Waals surface area (Å²) in [7, 11) is 0. The summed E-state index contributed by atoms with van der Waals surface area (Å²) in [5, 5.41) is 8.98. The average Bonchev–Trinajstić information content (AvgIpc) is 2.89. The summed E-state index contributed by atoms with van der Waals surface area (Å²) in [6.45, 7) is 4.13. The second-order valence-electron chi connectivity index (χ2n) is 5.64. The zero-order valence-corrected chi connectivity index (χ0v) is 13.1. The molecule has 0 aromatic carbocycles. The normalized spacial score (nSPS) is 19.4. The fourth-order valence-corrected chi connectivity index (χ4v) is 2.64. The van der Waals surface area contributed by atoms with E-state index in [2.05, 4.69) is 29.0 Å². The maximum Gasteiger partial charge on any atom is 0.102 e.